The first-order valence-corrected chi connectivity index (χ1v) is 8.48. The molecule has 1 aliphatic rings. The molecule has 3 amide bonds. The van der Waals surface area contributed by atoms with Crippen LogP contribution in [0.15, 0.2) is 24.3 Å². The summed E-state index contributed by atoms with van der Waals surface area (Å²) in [6, 6.07) is 5.88. The summed E-state index contributed by atoms with van der Waals surface area (Å²) in [4.78, 5) is 27.5. The van der Waals surface area contributed by atoms with Crippen molar-refractivity contribution in [2.75, 3.05) is 44.7 Å². The Morgan fingerprint density at radius 2 is 1.74 bits per heavy atom. The van der Waals surface area contributed by atoms with Crippen molar-refractivity contribution in [2.24, 2.45) is 0 Å². The van der Waals surface area contributed by atoms with Crippen LogP contribution in [0.5, 0.6) is 5.75 Å². The number of hydrogen-bond acceptors (Lipinski definition) is 5. The van der Waals surface area contributed by atoms with Gasteiger partial charge >= 0.3 is 12.2 Å². The van der Waals surface area contributed by atoms with E-state index in [0.717, 1.165) is 11.4 Å². The second-order valence-corrected chi connectivity index (χ2v) is 6.18. The molecule has 0 saturated carbocycles. The average molecular weight is 388 g/mol. The predicted molar refractivity (Wildman–Crippen MR) is 93.8 cm³/mol. The third-order valence-corrected chi connectivity index (χ3v) is 4.37. The molecule has 2 N–H and O–H groups in total. The summed E-state index contributed by atoms with van der Waals surface area (Å²) in [6.07, 6.45) is -4.52. The Morgan fingerprint density at radius 3 is 2.26 bits per heavy atom. The zero-order chi connectivity index (χ0) is 20.0. The fourth-order valence-electron chi connectivity index (χ4n) is 2.77. The highest BCUT2D eigenvalue weighted by atomic mass is 19.4. The maximum atomic E-state index is 12.1. The molecule has 10 heteroatoms. The Morgan fingerprint density at radius 1 is 1.15 bits per heavy atom. The first kappa shape index (κ1) is 20.8. The molecule has 2 rings (SSSR count). The fourth-order valence-corrected chi connectivity index (χ4v) is 2.77. The van der Waals surface area contributed by atoms with Crippen molar-refractivity contribution in [1.82, 2.24) is 15.5 Å². The smallest absolute Gasteiger partial charge is 0.405 e. The summed E-state index contributed by atoms with van der Waals surface area (Å²) in [5, 5.41) is 3.56. The van der Waals surface area contributed by atoms with Gasteiger partial charge in [0.05, 0.1) is 13.2 Å². The van der Waals surface area contributed by atoms with E-state index in [1.807, 2.05) is 34.5 Å². The van der Waals surface area contributed by atoms with Crippen LogP contribution in [0, 0.1) is 0 Å². The number of piperazine rings is 1. The van der Waals surface area contributed by atoms with Crippen LogP contribution in [-0.2, 0) is 4.79 Å². The molecular weight excluding hydrogens is 365 g/mol. The Labute approximate surface area is 155 Å². The van der Waals surface area contributed by atoms with E-state index in [9.17, 15) is 22.8 Å². The molecule has 1 aromatic rings. The molecule has 150 valence electrons. The number of hydrogen-bond donors (Lipinski definition) is 2. The molecular formula is C17H23F3N4O3. The summed E-state index contributed by atoms with van der Waals surface area (Å²) < 4.78 is 41.4. The van der Waals surface area contributed by atoms with Gasteiger partial charge in [0, 0.05) is 31.9 Å². The lowest BCUT2D eigenvalue weighted by atomic mass is 10.2. The number of carbonyl (C=O) groups excluding carboxylic acids is 2. The highest BCUT2D eigenvalue weighted by molar-refractivity contribution is 5.96. The quantitative estimate of drug-likeness (QED) is 0.802. The van der Waals surface area contributed by atoms with Gasteiger partial charge in [0.25, 0.3) is 0 Å². The normalized spacial score (nSPS) is 16.6. The third kappa shape index (κ3) is 6.31. The number of imide groups is 1. The fraction of sp³-hybridized carbons (Fsp3) is 0.529. The van der Waals surface area contributed by atoms with E-state index < -0.39 is 30.7 Å². The molecule has 0 aromatic heterocycles. The van der Waals surface area contributed by atoms with Gasteiger partial charge in [0.15, 0.2) is 0 Å². The number of carbonyl (C=O) groups is 2. The number of anilines is 1. The third-order valence-electron chi connectivity index (χ3n) is 4.37. The highest BCUT2D eigenvalue weighted by Gasteiger charge is 2.30. The lowest BCUT2D eigenvalue weighted by molar-refractivity contribution is -0.127. The minimum absolute atomic E-state index is 0.588. The molecule has 27 heavy (non-hydrogen) atoms. The average Bonchev–Trinajstić information content (AvgIpc) is 2.65. The topological polar surface area (TPSA) is 73.9 Å². The molecule has 1 atom stereocenters. The van der Waals surface area contributed by atoms with E-state index in [4.69, 9.17) is 4.74 Å². The molecule has 0 aliphatic carbocycles. The van der Waals surface area contributed by atoms with Crippen LogP contribution in [0.2, 0.25) is 0 Å². The molecule has 1 aliphatic heterocycles. The predicted octanol–water partition coefficient (Wildman–Crippen LogP) is 1.59. The van der Waals surface area contributed by atoms with Crippen molar-refractivity contribution in [2.45, 2.75) is 19.1 Å². The largest absolute Gasteiger partial charge is 0.497 e. The SMILES string of the molecule is COc1ccc(N2CCN(C(C)C(=O)NC(=O)NCC(F)(F)F)CC2)cc1. The van der Waals surface area contributed by atoms with Crippen LogP contribution >= 0.6 is 0 Å². The number of nitrogens with zero attached hydrogens (tertiary/aromatic N) is 2. The standard InChI is InChI=1S/C17H23F3N4O3/c1-12(15(25)22-16(26)21-11-17(18,19)20)23-7-9-24(10-8-23)13-3-5-14(27-2)6-4-13/h3-6,12H,7-11H2,1-2H3,(H2,21,22,25,26). The van der Waals surface area contributed by atoms with Gasteiger partial charge in [-0.15, -0.1) is 0 Å². The maximum absolute atomic E-state index is 12.1. The number of rotatable bonds is 5. The Hall–Kier alpha value is -2.49. The lowest BCUT2D eigenvalue weighted by Crippen LogP contribution is -2.55. The Kier molecular flexibility index (Phi) is 6.89. The Bertz CT molecular complexity index is 644. The molecule has 7 nitrogen and oxygen atoms in total. The van der Waals surface area contributed by atoms with E-state index in [1.165, 1.54) is 0 Å². The van der Waals surface area contributed by atoms with Crippen molar-refractivity contribution >= 4 is 17.6 Å². The number of nitrogens with one attached hydrogen (secondary N) is 2. The summed E-state index contributed by atoms with van der Waals surface area (Å²) in [5.74, 6) is 0.138. The van der Waals surface area contributed by atoms with Crippen molar-refractivity contribution in [3.05, 3.63) is 24.3 Å². The monoisotopic (exact) mass is 388 g/mol. The molecule has 1 heterocycles. The summed E-state index contributed by atoms with van der Waals surface area (Å²) >= 11 is 0. The summed E-state index contributed by atoms with van der Waals surface area (Å²) in [7, 11) is 1.60. The van der Waals surface area contributed by atoms with Crippen LogP contribution in [0.25, 0.3) is 0 Å². The van der Waals surface area contributed by atoms with Crippen molar-refractivity contribution in [3.63, 3.8) is 0 Å². The van der Waals surface area contributed by atoms with Crippen molar-refractivity contribution in [3.8, 4) is 5.75 Å². The van der Waals surface area contributed by atoms with Crippen LogP contribution in [0.1, 0.15) is 6.92 Å². The summed E-state index contributed by atoms with van der Waals surface area (Å²) in [6.45, 7) is 2.68. The van der Waals surface area contributed by atoms with Gasteiger partial charge in [-0.3, -0.25) is 15.0 Å². The van der Waals surface area contributed by atoms with Crippen LogP contribution in [0.3, 0.4) is 0 Å². The molecule has 1 unspecified atom stereocenters. The van der Waals surface area contributed by atoms with E-state index in [-0.39, 0.29) is 0 Å². The highest BCUT2D eigenvalue weighted by Crippen LogP contribution is 2.21. The number of alkyl halides is 3. The minimum Gasteiger partial charge on any atom is -0.497 e. The van der Waals surface area contributed by atoms with E-state index in [0.29, 0.717) is 26.2 Å². The van der Waals surface area contributed by atoms with Gasteiger partial charge in [0.2, 0.25) is 5.91 Å². The zero-order valence-corrected chi connectivity index (χ0v) is 15.2. The number of ether oxygens (including phenoxy) is 1. The minimum atomic E-state index is -4.52. The lowest BCUT2D eigenvalue weighted by Gasteiger charge is -2.38. The summed E-state index contributed by atoms with van der Waals surface area (Å²) in [5.41, 5.74) is 1.04. The number of amides is 3. The zero-order valence-electron chi connectivity index (χ0n) is 15.2. The second kappa shape index (κ2) is 8.94. The first-order chi connectivity index (χ1) is 12.7. The number of urea groups is 1. The molecule has 1 fully saturated rings. The molecule has 0 radical (unpaired) electrons. The van der Waals surface area contributed by atoms with E-state index in [2.05, 4.69) is 4.90 Å². The number of methoxy groups -OCH3 is 1. The number of halogens is 3. The molecule has 0 bridgehead atoms. The van der Waals surface area contributed by atoms with Crippen molar-refractivity contribution < 1.29 is 27.5 Å². The van der Waals surface area contributed by atoms with E-state index in [1.54, 1.807) is 19.4 Å². The van der Waals surface area contributed by atoms with Gasteiger partial charge in [-0.1, -0.05) is 0 Å². The van der Waals surface area contributed by atoms with Gasteiger partial charge in [-0.2, -0.15) is 13.2 Å². The van der Waals surface area contributed by atoms with Crippen molar-refractivity contribution in [1.29, 1.82) is 0 Å². The van der Waals surface area contributed by atoms with Gasteiger partial charge < -0.3 is 15.0 Å². The van der Waals surface area contributed by atoms with Gasteiger partial charge in [-0.05, 0) is 31.2 Å². The van der Waals surface area contributed by atoms with E-state index >= 15 is 0 Å². The Balaban J connectivity index is 1.80. The first-order valence-electron chi connectivity index (χ1n) is 8.48. The molecule has 1 saturated heterocycles. The van der Waals surface area contributed by atoms with Gasteiger partial charge in [0.1, 0.15) is 12.3 Å². The maximum Gasteiger partial charge on any atom is 0.405 e. The van der Waals surface area contributed by atoms with Crippen LogP contribution < -0.4 is 20.3 Å². The van der Waals surface area contributed by atoms with Crippen LogP contribution in [0.4, 0.5) is 23.7 Å². The number of benzene rings is 1. The molecule has 1 aromatic carbocycles. The second-order valence-electron chi connectivity index (χ2n) is 6.18. The molecule has 0 spiro atoms. The van der Waals surface area contributed by atoms with Gasteiger partial charge in [-0.25, -0.2) is 4.79 Å². The van der Waals surface area contributed by atoms with Crippen LogP contribution in [-0.4, -0.2) is 68.9 Å².